The molecule has 0 fully saturated rings. The summed E-state index contributed by atoms with van der Waals surface area (Å²) >= 11 is 3.48. The minimum Gasteiger partial charge on any atom is -0.497 e. The lowest BCUT2D eigenvalue weighted by molar-refractivity contribution is -0.118. The molecular weight excluding hydrogens is 398 g/mol. The van der Waals surface area contributed by atoms with Crippen molar-refractivity contribution in [3.8, 4) is 17.2 Å². The first-order chi connectivity index (χ1) is 12.2. The van der Waals surface area contributed by atoms with E-state index in [0.717, 1.165) is 10.0 Å². The molecule has 140 valence electrons. The molecule has 2 aromatic rings. The van der Waals surface area contributed by atoms with Gasteiger partial charge in [-0.2, -0.15) is 0 Å². The van der Waals surface area contributed by atoms with Gasteiger partial charge in [-0.15, -0.1) is 0 Å². The van der Waals surface area contributed by atoms with Gasteiger partial charge in [0, 0.05) is 16.1 Å². The van der Waals surface area contributed by atoms with Crippen molar-refractivity contribution in [1.29, 1.82) is 0 Å². The highest BCUT2D eigenvalue weighted by Gasteiger charge is 2.20. The summed E-state index contributed by atoms with van der Waals surface area (Å²) in [6, 6.07) is 11.0. The first kappa shape index (κ1) is 20.1. The standard InChI is InChI=1S/C20H24BrNO4/c1-20(2,3)15-10-13(21)6-8-17(15)26-12-19(23)22-16-11-14(24-4)7-9-18(16)25-5/h6-11H,12H2,1-5H3,(H,22,23). The summed E-state index contributed by atoms with van der Waals surface area (Å²) in [6.45, 7) is 6.19. The number of rotatable bonds is 6. The molecule has 6 heteroatoms. The van der Waals surface area contributed by atoms with Gasteiger partial charge in [0.2, 0.25) is 0 Å². The highest BCUT2D eigenvalue weighted by atomic mass is 79.9. The van der Waals surface area contributed by atoms with Crippen LogP contribution in [0.2, 0.25) is 0 Å². The Labute approximate surface area is 162 Å². The van der Waals surface area contributed by atoms with Gasteiger partial charge in [0.15, 0.2) is 6.61 Å². The van der Waals surface area contributed by atoms with Crippen LogP contribution in [0.25, 0.3) is 0 Å². The molecule has 0 aromatic heterocycles. The van der Waals surface area contributed by atoms with Crippen LogP contribution in [0.4, 0.5) is 5.69 Å². The summed E-state index contributed by atoms with van der Waals surface area (Å²) < 4.78 is 17.2. The second-order valence-corrected chi connectivity index (χ2v) is 7.71. The second kappa shape index (κ2) is 8.45. The third kappa shape index (κ3) is 5.14. The molecule has 0 aliphatic carbocycles. The molecule has 0 bridgehead atoms. The third-order valence-electron chi connectivity index (χ3n) is 3.79. The van der Waals surface area contributed by atoms with E-state index in [4.69, 9.17) is 14.2 Å². The molecule has 2 rings (SSSR count). The molecule has 5 nitrogen and oxygen atoms in total. The number of ether oxygens (including phenoxy) is 3. The van der Waals surface area contributed by atoms with Crippen molar-refractivity contribution >= 4 is 27.5 Å². The predicted octanol–water partition coefficient (Wildman–Crippen LogP) is 4.78. The number of carbonyl (C=O) groups excluding carboxylic acids is 1. The molecule has 0 saturated carbocycles. The lowest BCUT2D eigenvalue weighted by Gasteiger charge is -2.23. The maximum Gasteiger partial charge on any atom is 0.262 e. The Bertz CT molecular complexity index is 784. The Hall–Kier alpha value is -2.21. The topological polar surface area (TPSA) is 56.8 Å². The zero-order valence-corrected chi connectivity index (χ0v) is 17.3. The van der Waals surface area contributed by atoms with E-state index in [1.807, 2.05) is 18.2 Å². The number of anilines is 1. The van der Waals surface area contributed by atoms with E-state index < -0.39 is 0 Å². The lowest BCUT2D eigenvalue weighted by Crippen LogP contribution is -2.22. The molecule has 2 aromatic carbocycles. The first-order valence-electron chi connectivity index (χ1n) is 8.19. The molecular formula is C20H24BrNO4. The van der Waals surface area contributed by atoms with E-state index in [2.05, 4.69) is 42.0 Å². The van der Waals surface area contributed by atoms with Gasteiger partial charge in [-0.3, -0.25) is 4.79 Å². The molecule has 0 heterocycles. The molecule has 1 N–H and O–H groups in total. The molecule has 0 aliphatic heterocycles. The van der Waals surface area contributed by atoms with Crippen LogP contribution < -0.4 is 19.5 Å². The average molecular weight is 422 g/mol. The molecule has 1 amide bonds. The number of benzene rings is 2. The molecule has 0 radical (unpaired) electrons. The number of carbonyl (C=O) groups is 1. The molecule has 26 heavy (non-hydrogen) atoms. The third-order valence-corrected chi connectivity index (χ3v) is 4.28. The van der Waals surface area contributed by atoms with E-state index in [-0.39, 0.29) is 17.9 Å². The van der Waals surface area contributed by atoms with Crippen LogP contribution in [0.15, 0.2) is 40.9 Å². The molecule has 0 aliphatic rings. The number of hydrogen-bond donors (Lipinski definition) is 1. The zero-order valence-electron chi connectivity index (χ0n) is 15.7. The second-order valence-electron chi connectivity index (χ2n) is 6.79. The van der Waals surface area contributed by atoms with Gasteiger partial charge in [0.1, 0.15) is 17.2 Å². The van der Waals surface area contributed by atoms with Gasteiger partial charge in [-0.1, -0.05) is 36.7 Å². The normalized spacial score (nSPS) is 11.0. The van der Waals surface area contributed by atoms with Crippen molar-refractivity contribution in [2.45, 2.75) is 26.2 Å². The minimum absolute atomic E-state index is 0.106. The smallest absolute Gasteiger partial charge is 0.262 e. The van der Waals surface area contributed by atoms with E-state index in [0.29, 0.717) is 22.9 Å². The van der Waals surface area contributed by atoms with E-state index in [9.17, 15) is 4.79 Å². The monoisotopic (exact) mass is 421 g/mol. The summed E-state index contributed by atoms with van der Waals surface area (Å²) in [5, 5.41) is 2.80. The van der Waals surface area contributed by atoms with Crippen molar-refractivity contribution in [3.05, 3.63) is 46.4 Å². The lowest BCUT2D eigenvalue weighted by atomic mass is 9.86. The Morgan fingerprint density at radius 2 is 1.73 bits per heavy atom. The van der Waals surface area contributed by atoms with Crippen molar-refractivity contribution in [2.75, 3.05) is 26.1 Å². The first-order valence-corrected chi connectivity index (χ1v) is 8.98. The van der Waals surface area contributed by atoms with Crippen LogP contribution in [-0.2, 0) is 10.2 Å². The van der Waals surface area contributed by atoms with E-state index in [1.54, 1.807) is 32.4 Å². The number of nitrogens with one attached hydrogen (secondary N) is 1. The summed E-state index contributed by atoms with van der Waals surface area (Å²) in [6.07, 6.45) is 0. The number of halogens is 1. The van der Waals surface area contributed by atoms with E-state index in [1.165, 1.54) is 0 Å². The largest absolute Gasteiger partial charge is 0.497 e. The predicted molar refractivity (Wildman–Crippen MR) is 107 cm³/mol. The average Bonchev–Trinajstić information content (AvgIpc) is 2.59. The SMILES string of the molecule is COc1ccc(OC)c(NC(=O)COc2ccc(Br)cc2C(C)(C)C)c1. The van der Waals surface area contributed by atoms with Gasteiger partial charge in [-0.25, -0.2) is 0 Å². The molecule has 0 saturated heterocycles. The zero-order chi connectivity index (χ0) is 19.3. The van der Waals surface area contributed by atoms with Crippen molar-refractivity contribution in [2.24, 2.45) is 0 Å². The Morgan fingerprint density at radius 1 is 1.04 bits per heavy atom. The Balaban J connectivity index is 2.11. The maximum absolute atomic E-state index is 12.3. The fraction of sp³-hybridized carbons (Fsp3) is 0.350. The van der Waals surface area contributed by atoms with Crippen LogP contribution in [-0.4, -0.2) is 26.7 Å². The highest BCUT2D eigenvalue weighted by Crippen LogP contribution is 2.34. The van der Waals surface area contributed by atoms with Crippen molar-refractivity contribution in [3.63, 3.8) is 0 Å². The number of amides is 1. The van der Waals surface area contributed by atoms with Crippen LogP contribution in [0, 0.1) is 0 Å². The summed E-state index contributed by atoms with van der Waals surface area (Å²) in [5.41, 5.74) is 1.46. The fourth-order valence-corrected chi connectivity index (χ4v) is 2.82. The van der Waals surface area contributed by atoms with E-state index >= 15 is 0 Å². The Morgan fingerprint density at radius 3 is 2.35 bits per heavy atom. The summed E-state index contributed by atoms with van der Waals surface area (Å²) in [7, 11) is 3.11. The maximum atomic E-state index is 12.3. The highest BCUT2D eigenvalue weighted by molar-refractivity contribution is 9.10. The Kier molecular flexibility index (Phi) is 6.53. The number of methoxy groups -OCH3 is 2. The molecule has 0 unspecified atom stereocenters. The quantitative estimate of drug-likeness (QED) is 0.728. The van der Waals surface area contributed by atoms with Crippen LogP contribution in [0.1, 0.15) is 26.3 Å². The minimum atomic E-state index is -0.278. The summed E-state index contributed by atoms with van der Waals surface area (Å²) in [4.78, 5) is 12.3. The fourth-order valence-electron chi connectivity index (χ4n) is 2.46. The summed E-state index contributed by atoms with van der Waals surface area (Å²) in [5.74, 6) is 1.59. The van der Waals surface area contributed by atoms with Gasteiger partial charge in [0.05, 0.1) is 19.9 Å². The van der Waals surface area contributed by atoms with Crippen LogP contribution in [0.5, 0.6) is 17.2 Å². The van der Waals surface area contributed by atoms with Crippen LogP contribution in [0.3, 0.4) is 0 Å². The van der Waals surface area contributed by atoms with Crippen LogP contribution >= 0.6 is 15.9 Å². The molecule has 0 atom stereocenters. The van der Waals surface area contributed by atoms with Gasteiger partial charge in [-0.05, 0) is 35.7 Å². The van der Waals surface area contributed by atoms with Gasteiger partial charge in [0.25, 0.3) is 5.91 Å². The van der Waals surface area contributed by atoms with Gasteiger partial charge < -0.3 is 19.5 Å². The molecule has 0 spiro atoms. The number of hydrogen-bond acceptors (Lipinski definition) is 4. The van der Waals surface area contributed by atoms with Crippen molar-refractivity contribution in [1.82, 2.24) is 0 Å². The van der Waals surface area contributed by atoms with Crippen molar-refractivity contribution < 1.29 is 19.0 Å². The van der Waals surface area contributed by atoms with Gasteiger partial charge >= 0.3 is 0 Å².